The van der Waals surface area contributed by atoms with Crippen molar-refractivity contribution in [3.05, 3.63) is 35.6 Å². The predicted molar refractivity (Wildman–Crippen MR) is 114 cm³/mol. The molecular formula is C24H40FNO. The van der Waals surface area contributed by atoms with E-state index in [0.717, 1.165) is 13.0 Å². The first-order valence-corrected chi connectivity index (χ1v) is 11.2. The number of benzene rings is 1. The van der Waals surface area contributed by atoms with Gasteiger partial charge in [-0.2, -0.15) is 0 Å². The van der Waals surface area contributed by atoms with Crippen LogP contribution < -0.4 is 5.32 Å². The third-order valence-electron chi connectivity index (χ3n) is 5.16. The lowest BCUT2D eigenvalue weighted by Gasteiger charge is -2.05. The molecule has 1 aromatic rings. The second-order valence-electron chi connectivity index (χ2n) is 7.70. The van der Waals surface area contributed by atoms with Crippen LogP contribution in [0.1, 0.15) is 107 Å². The molecule has 0 saturated carbocycles. The molecule has 0 saturated heterocycles. The number of hydrogen-bond acceptors (Lipinski definition) is 2. The Hall–Kier alpha value is -1.22. The van der Waals surface area contributed by atoms with Gasteiger partial charge in [0, 0.05) is 5.56 Å². The van der Waals surface area contributed by atoms with Crippen LogP contribution in [0, 0.1) is 5.82 Å². The number of Topliss-reactive ketones (excluding diaryl/α,β-unsaturated/α-hetero) is 1. The molecule has 1 aromatic carbocycles. The molecule has 0 unspecified atom stereocenters. The minimum absolute atomic E-state index is 0.0281. The molecule has 154 valence electrons. The second-order valence-corrected chi connectivity index (χ2v) is 7.70. The fraction of sp³-hybridized carbons (Fsp3) is 0.708. The summed E-state index contributed by atoms with van der Waals surface area (Å²) in [6, 6.07) is 5.76. The number of ketones is 1. The van der Waals surface area contributed by atoms with Crippen molar-refractivity contribution in [3.63, 3.8) is 0 Å². The van der Waals surface area contributed by atoms with Crippen molar-refractivity contribution in [1.82, 2.24) is 5.32 Å². The van der Waals surface area contributed by atoms with Gasteiger partial charge in [-0.15, -0.1) is 0 Å². The van der Waals surface area contributed by atoms with Crippen LogP contribution in [0.5, 0.6) is 0 Å². The van der Waals surface area contributed by atoms with Crippen LogP contribution in [0.4, 0.5) is 4.39 Å². The van der Waals surface area contributed by atoms with E-state index in [4.69, 9.17) is 0 Å². The molecular weight excluding hydrogens is 337 g/mol. The van der Waals surface area contributed by atoms with Crippen LogP contribution in [-0.4, -0.2) is 18.9 Å². The number of unbranched alkanes of at least 4 members (excludes halogenated alkanes) is 13. The van der Waals surface area contributed by atoms with E-state index in [0.29, 0.717) is 12.1 Å². The van der Waals surface area contributed by atoms with Crippen molar-refractivity contribution in [2.75, 3.05) is 13.1 Å². The Morgan fingerprint density at radius 3 is 1.67 bits per heavy atom. The second kappa shape index (κ2) is 16.9. The Kier molecular flexibility index (Phi) is 14.9. The maximum atomic E-state index is 12.8. The normalized spacial score (nSPS) is 11.0. The van der Waals surface area contributed by atoms with E-state index in [1.807, 2.05) is 0 Å². The molecule has 0 aliphatic heterocycles. The molecule has 0 bridgehead atoms. The molecule has 0 atom stereocenters. The van der Waals surface area contributed by atoms with Crippen molar-refractivity contribution in [2.24, 2.45) is 0 Å². The molecule has 0 heterocycles. The number of hydrogen-bond donors (Lipinski definition) is 1. The quantitative estimate of drug-likeness (QED) is 0.219. The fourth-order valence-corrected chi connectivity index (χ4v) is 3.38. The molecule has 0 aromatic heterocycles. The van der Waals surface area contributed by atoms with Gasteiger partial charge in [-0.25, -0.2) is 4.39 Å². The van der Waals surface area contributed by atoms with Gasteiger partial charge in [0.15, 0.2) is 5.78 Å². The van der Waals surface area contributed by atoms with Gasteiger partial charge in [-0.05, 0) is 37.2 Å². The van der Waals surface area contributed by atoms with Crippen LogP contribution in [-0.2, 0) is 0 Å². The van der Waals surface area contributed by atoms with E-state index in [1.165, 1.54) is 95.6 Å². The van der Waals surface area contributed by atoms with E-state index in [2.05, 4.69) is 12.2 Å². The van der Waals surface area contributed by atoms with Gasteiger partial charge in [-0.1, -0.05) is 90.4 Å². The number of halogens is 1. The summed E-state index contributed by atoms with van der Waals surface area (Å²) >= 11 is 0. The molecule has 3 heteroatoms. The first kappa shape index (κ1) is 23.8. The van der Waals surface area contributed by atoms with E-state index < -0.39 is 0 Å². The van der Waals surface area contributed by atoms with Crippen molar-refractivity contribution in [1.29, 1.82) is 0 Å². The number of nitrogens with one attached hydrogen (secondary N) is 1. The summed E-state index contributed by atoms with van der Waals surface area (Å²) in [6.07, 6.45) is 19.0. The van der Waals surface area contributed by atoms with Gasteiger partial charge < -0.3 is 5.32 Å². The van der Waals surface area contributed by atoms with Gasteiger partial charge in [-0.3, -0.25) is 4.79 Å². The maximum Gasteiger partial charge on any atom is 0.176 e. The van der Waals surface area contributed by atoms with Crippen LogP contribution in [0.3, 0.4) is 0 Å². The predicted octanol–water partition coefficient (Wildman–Crippen LogP) is 7.08. The lowest BCUT2D eigenvalue weighted by atomic mass is 10.0. The molecule has 0 aliphatic rings. The topological polar surface area (TPSA) is 29.1 Å². The summed E-state index contributed by atoms with van der Waals surface area (Å²) < 4.78 is 12.8. The van der Waals surface area contributed by atoms with Crippen LogP contribution in [0.25, 0.3) is 0 Å². The molecule has 0 radical (unpaired) electrons. The van der Waals surface area contributed by atoms with E-state index in [1.54, 1.807) is 12.1 Å². The van der Waals surface area contributed by atoms with Crippen molar-refractivity contribution in [3.8, 4) is 0 Å². The first-order valence-electron chi connectivity index (χ1n) is 11.2. The Morgan fingerprint density at radius 2 is 1.19 bits per heavy atom. The zero-order valence-electron chi connectivity index (χ0n) is 17.4. The largest absolute Gasteiger partial charge is 0.310 e. The van der Waals surface area contributed by atoms with E-state index in [9.17, 15) is 9.18 Å². The molecule has 1 rings (SSSR count). The van der Waals surface area contributed by atoms with Gasteiger partial charge in [0.2, 0.25) is 0 Å². The zero-order chi connectivity index (χ0) is 19.6. The Balaban J connectivity index is 1.80. The number of rotatable bonds is 18. The molecule has 27 heavy (non-hydrogen) atoms. The van der Waals surface area contributed by atoms with Gasteiger partial charge in [0.05, 0.1) is 6.54 Å². The van der Waals surface area contributed by atoms with Crippen molar-refractivity contribution in [2.45, 2.75) is 96.8 Å². The van der Waals surface area contributed by atoms with Crippen molar-refractivity contribution < 1.29 is 9.18 Å². The number of carbonyl (C=O) groups is 1. The smallest absolute Gasteiger partial charge is 0.176 e. The molecule has 2 nitrogen and oxygen atoms in total. The highest BCUT2D eigenvalue weighted by Crippen LogP contribution is 2.12. The van der Waals surface area contributed by atoms with Crippen molar-refractivity contribution >= 4 is 5.78 Å². The summed E-state index contributed by atoms with van der Waals surface area (Å²) in [7, 11) is 0. The summed E-state index contributed by atoms with van der Waals surface area (Å²) in [4.78, 5) is 11.9. The fourth-order valence-electron chi connectivity index (χ4n) is 3.38. The molecule has 0 aliphatic carbocycles. The minimum Gasteiger partial charge on any atom is -0.310 e. The standard InChI is InChI=1S/C24H40FNO/c1-2-3-4-5-6-7-8-9-10-11-12-13-14-15-20-26-21-24(27)22-16-18-23(25)19-17-22/h16-19,26H,2-15,20-21H2,1H3. The van der Waals surface area contributed by atoms with Crippen LogP contribution in [0.2, 0.25) is 0 Å². The number of carbonyl (C=O) groups excluding carboxylic acids is 1. The molecule has 0 amide bonds. The lowest BCUT2D eigenvalue weighted by molar-refractivity contribution is 0.0991. The third-order valence-corrected chi connectivity index (χ3v) is 5.16. The first-order chi connectivity index (χ1) is 13.2. The van der Waals surface area contributed by atoms with Gasteiger partial charge in [0.1, 0.15) is 5.82 Å². The van der Waals surface area contributed by atoms with Crippen LogP contribution >= 0.6 is 0 Å². The average Bonchev–Trinajstić information content (AvgIpc) is 2.68. The molecule has 0 fully saturated rings. The maximum absolute atomic E-state index is 12.8. The Morgan fingerprint density at radius 1 is 0.741 bits per heavy atom. The summed E-state index contributed by atoms with van der Waals surface area (Å²) in [5, 5.41) is 3.20. The average molecular weight is 378 g/mol. The Bertz CT molecular complexity index is 472. The zero-order valence-corrected chi connectivity index (χ0v) is 17.4. The van der Waals surface area contributed by atoms with Crippen LogP contribution in [0.15, 0.2) is 24.3 Å². The highest BCUT2D eigenvalue weighted by molar-refractivity contribution is 5.97. The SMILES string of the molecule is CCCCCCCCCCCCCCCCNCC(=O)c1ccc(F)cc1. The molecule has 0 spiro atoms. The van der Waals surface area contributed by atoms with E-state index in [-0.39, 0.29) is 11.6 Å². The highest BCUT2D eigenvalue weighted by Gasteiger charge is 2.04. The van der Waals surface area contributed by atoms with Gasteiger partial charge >= 0.3 is 0 Å². The van der Waals surface area contributed by atoms with E-state index >= 15 is 0 Å². The summed E-state index contributed by atoms with van der Waals surface area (Å²) in [6.45, 7) is 3.49. The summed E-state index contributed by atoms with van der Waals surface area (Å²) in [5.41, 5.74) is 0.574. The summed E-state index contributed by atoms with van der Waals surface area (Å²) in [5.74, 6) is -0.276. The third kappa shape index (κ3) is 13.6. The lowest BCUT2D eigenvalue weighted by Crippen LogP contribution is -2.24. The monoisotopic (exact) mass is 377 g/mol. The minimum atomic E-state index is -0.304. The molecule has 1 N–H and O–H groups in total. The highest BCUT2D eigenvalue weighted by atomic mass is 19.1. The van der Waals surface area contributed by atoms with Gasteiger partial charge in [0.25, 0.3) is 0 Å². The Labute approximate surface area is 166 Å².